The van der Waals surface area contributed by atoms with E-state index in [-0.39, 0.29) is 52.9 Å². The zero-order valence-corrected chi connectivity index (χ0v) is 78.9. The number of para-hydroxylation sites is 2. The van der Waals surface area contributed by atoms with E-state index < -0.39 is 36.1 Å². The van der Waals surface area contributed by atoms with Gasteiger partial charge < -0.3 is 19.3 Å². The van der Waals surface area contributed by atoms with Gasteiger partial charge in [-0.1, -0.05) is 316 Å². The number of aliphatic hydroxyl groups is 1. The number of methoxy groups -OCH3 is 1. The van der Waals surface area contributed by atoms with Crippen LogP contribution in [0.4, 0.5) is 13.2 Å². The summed E-state index contributed by atoms with van der Waals surface area (Å²) >= 11 is 0. The largest absolute Gasteiger partial charge is 0.496 e. The van der Waals surface area contributed by atoms with Gasteiger partial charge in [-0.15, -0.1) is 0 Å². The molecular formula is C103H135F3N2O11S3. The second-order valence-corrected chi connectivity index (χ2v) is 39.5. The lowest BCUT2D eigenvalue weighted by molar-refractivity contribution is -0.0505. The summed E-state index contributed by atoms with van der Waals surface area (Å²) in [6, 6.07) is 74.2. The molecule has 1 aromatic heterocycles. The fourth-order valence-electron chi connectivity index (χ4n) is 12.0. The van der Waals surface area contributed by atoms with Crippen LogP contribution in [0.15, 0.2) is 259 Å². The zero-order valence-electron chi connectivity index (χ0n) is 76.5. The standard InChI is InChI=1S/C16H18O2S.C12H14N2.C12H18O.C11H16O2S.C11H14O.C11H16O.C10H12F2O.C10H13FO.C10H14O2S/c1-12(2)13-8-10-14(11-9-13)15-6-4-5-7-16(15)19(3,17)18;1-9(2)10-4-3-5-11(6-10)12-7-13-14-8-12;1-9(2)11-7-5-6-8-12(11)13-10(3)4;1-9(2)11-6-4-5-10(7-11)8-14(3,12)13;1-8(2)11(12)10-6-4-9(3)5-7-10;1-9(2)11-6-4-3-5-10(11)7-8-12;1-7(2)8-5-3-4-6-9(8)13-10(11)12;1-7(2)9-5-4-8(11)6-10(9)12-3;1-8(2)13(11,12)10-6-4-9(3)5-7-10/h4-12H,1-3H3;3-9H,1-2H3,(H,13,14);5-10H,1-4H3;4-7,9H,8H2,1-3H3;4-8H,1-3H3;3-6,9,12H,7-8H2,1-2H3;3-7,10H,1-2H3;4-7H,1-3H3;4-8H,1-3H3. The van der Waals surface area contributed by atoms with Crippen LogP contribution in [0.3, 0.4) is 0 Å². The van der Waals surface area contributed by atoms with Crippen molar-refractivity contribution in [2.24, 2.45) is 5.92 Å². The Balaban J connectivity index is 0.000000356. The third-order valence-corrected chi connectivity index (χ3v) is 23.2. The monoisotopic (exact) mass is 1730 g/mol. The first-order valence-electron chi connectivity index (χ1n) is 41.7. The number of carbonyl (C=O) groups is 1. The molecule has 0 aliphatic carbocycles. The second kappa shape index (κ2) is 53.2. The van der Waals surface area contributed by atoms with Gasteiger partial charge in [-0.25, -0.2) is 29.6 Å². The van der Waals surface area contributed by atoms with Crippen molar-refractivity contribution in [1.29, 1.82) is 0 Å². The molecule has 11 rings (SSSR count). The number of aromatic amines is 1. The number of H-pyrrole nitrogens is 1. The number of benzene rings is 10. The number of hydrogen-bond acceptors (Lipinski definition) is 12. The molecule has 0 bridgehead atoms. The molecule has 0 radical (unpaired) electrons. The molecule has 0 amide bonds. The molecule has 1 heterocycles. The van der Waals surface area contributed by atoms with Gasteiger partial charge in [-0.3, -0.25) is 9.89 Å². The van der Waals surface area contributed by atoms with Crippen LogP contribution in [0.5, 0.6) is 17.2 Å². The predicted octanol–water partition coefficient (Wildman–Crippen LogP) is 26.8. The SMILES string of the molecule is CC(C)Oc1ccccc1C(C)C.CC(C)c1ccc(-c2ccccc2S(C)(=O)=O)cc1.CC(C)c1cccc(-c2cn[nH]c2)c1.CC(C)c1cccc(CS(C)(=O)=O)c1.CC(C)c1ccccc1CCO.CC(C)c1ccccc1OC(F)F.COc1cc(F)ccc1C(C)C.Cc1ccc(C(=O)C(C)C)cc1.Cc1ccc(S(=O)(=O)C(C)C)cc1. The summed E-state index contributed by atoms with van der Waals surface area (Å²) in [5, 5.41) is 15.2. The first-order valence-corrected chi connectivity index (χ1v) is 47.2. The van der Waals surface area contributed by atoms with Crippen LogP contribution >= 0.6 is 0 Å². The number of ketones is 1. The summed E-state index contributed by atoms with van der Waals surface area (Å²) < 4.78 is 121. The van der Waals surface area contributed by atoms with Gasteiger partial charge in [0.05, 0.1) is 40.2 Å². The Morgan fingerprint density at radius 1 is 0.451 bits per heavy atom. The lowest BCUT2D eigenvalue weighted by Crippen LogP contribution is -2.13. The van der Waals surface area contributed by atoms with Crippen molar-refractivity contribution < 1.29 is 62.5 Å². The number of nitrogens with zero attached hydrogens (tertiary/aromatic N) is 1. The number of ether oxygens (including phenoxy) is 3. The van der Waals surface area contributed by atoms with Crippen LogP contribution in [0.1, 0.15) is 251 Å². The smallest absolute Gasteiger partial charge is 0.387 e. The summed E-state index contributed by atoms with van der Waals surface area (Å²) in [4.78, 5) is 12.2. The topological polar surface area (TPSA) is 196 Å². The number of sulfone groups is 3. The highest BCUT2D eigenvalue weighted by atomic mass is 32.2. The Hall–Kier alpha value is -9.92. The van der Waals surface area contributed by atoms with Crippen LogP contribution in [-0.4, -0.2) is 90.5 Å². The molecule has 0 aliphatic rings. The minimum atomic E-state index is -3.21. The van der Waals surface area contributed by atoms with Crippen molar-refractivity contribution in [2.75, 3.05) is 26.2 Å². The summed E-state index contributed by atoms with van der Waals surface area (Å²) in [6.07, 6.45) is 7.29. The first kappa shape index (κ1) is 106. The van der Waals surface area contributed by atoms with Crippen molar-refractivity contribution in [3.8, 4) is 39.5 Å². The molecule has 2 N–H and O–H groups in total. The molecule has 0 unspecified atom stereocenters. The number of aryl methyl sites for hydroxylation is 2. The van der Waals surface area contributed by atoms with Gasteiger partial charge in [-0.2, -0.15) is 13.9 Å². The Kier molecular flexibility index (Phi) is 46.3. The van der Waals surface area contributed by atoms with Crippen LogP contribution in [0.25, 0.3) is 22.3 Å². The molecule has 122 heavy (non-hydrogen) atoms. The molecule has 0 fully saturated rings. The fourth-order valence-corrected chi connectivity index (χ4v) is 14.8. The van der Waals surface area contributed by atoms with Gasteiger partial charge in [-0.05, 0) is 187 Å². The molecule has 10 aromatic carbocycles. The van der Waals surface area contributed by atoms with Gasteiger partial charge in [0.1, 0.15) is 23.1 Å². The Labute approximate surface area is 730 Å². The summed E-state index contributed by atoms with van der Waals surface area (Å²) in [6.45, 7) is 42.3. The van der Waals surface area contributed by atoms with Crippen LogP contribution < -0.4 is 14.2 Å². The Morgan fingerprint density at radius 3 is 1.37 bits per heavy atom. The van der Waals surface area contributed by atoms with Crippen molar-refractivity contribution in [2.45, 2.75) is 234 Å². The molecule has 0 atom stereocenters. The lowest BCUT2D eigenvalue weighted by atomic mass is 9.96. The van der Waals surface area contributed by atoms with Gasteiger partial charge in [0, 0.05) is 54.0 Å². The number of Topliss-reactive ketones (excluding diaryl/α,β-unsaturated/α-hetero) is 1. The Morgan fingerprint density at radius 2 is 0.918 bits per heavy atom. The van der Waals surface area contributed by atoms with E-state index in [1.807, 2.05) is 163 Å². The summed E-state index contributed by atoms with van der Waals surface area (Å²) in [5.41, 5.74) is 17.6. The number of nitrogens with one attached hydrogen (secondary N) is 1. The zero-order chi connectivity index (χ0) is 91.8. The summed E-state index contributed by atoms with van der Waals surface area (Å²) in [7, 11) is -7.67. The van der Waals surface area contributed by atoms with Gasteiger partial charge in [0.25, 0.3) is 0 Å². The van der Waals surface area contributed by atoms with E-state index in [1.54, 1.807) is 69.5 Å². The first-order chi connectivity index (χ1) is 57.2. The van der Waals surface area contributed by atoms with E-state index in [1.165, 1.54) is 69.2 Å². The maximum Gasteiger partial charge on any atom is 0.387 e. The van der Waals surface area contributed by atoms with Crippen LogP contribution in [0, 0.1) is 25.6 Å². The molecule has 19 heteroatoms. The second-order valence-electron chi connectivity index (χ2n) is 32.9. The lowest BCUT2D eigenvalue weighted by Gasteiger charge is -2.15. The van der Waals surface area contributed by atoms with Gasteiger partial charge in [0.15, 0.2) is 35.3 Å². The maximum atomic E-state index is 12.7. The molecule has 662 valence electrons. The molecular weight excluding hydrogens is 1590 g/mol. The minimum absolute atomic E-state index is 0.0905. The van der Waals surface area contributed by atoms with Crippen molar-refractivity contribution in [3.63, 3.8) is 0 Å². The number of hydrogen-bond donors (Lipinski definition) is 2. The molecule has 0 spiro atoms. The van der Waals surface area contributed by atoms with Crippen LogP contribution in [0.2, 0.25) is 0 Å². The number of rotatable bonds is 23. The predicted molar refractivity (Wildman–Crippen MR) is 502 cm³/mol. The number of halogens is 3. The molecule has 0 saturated heterocycles. The van der Waals surface area contributed by atoms with Gasteiger partial charge in [0.2, 0.25) is 0 Å². The van der Waals surface area contributed by atoms with E-state index in [9.17, 15) is 43.2 Å². The quantitative estimate of drug-likeness (QED) is 0.0576. The van der Waals surface area contributed by atoms with Crippen molar-refractivity contribution >= 4 is 35.3 Å². The third-order valence-electron chi connectivity index (χ3n) is 19.0. The van der Waals surface area contributed by atoms with E-state index in [2.05, 4.69) is 179 Å². The number of alkyl halides is 2. The molecule has 11 aromatic rings. The molecule has 0 saturated carbocycles. The molecule has 0 aliphatic heterocycles. The minimum Gasteiger partial charge on any atom is -0.496 e. The number of aliphatic hydroxyl groups excluding tert-OH is 1. The van der Waals surface area contributed by atoms with Crippen molar-refractivity contribution in [3.05, 3.63) is 322 Å². The van der Waals surface area contributed by atoms with E-state index in [0.717, 1.165) is 56.7 Å². The normalized spacial score (nSPS) is 11.1. The Bertz CT molecular complexity index is 5160. The highest BCUT2D eigenvalue weighted by Gasteiger charge is 2.20. The van der Waals surface area contributed by atoms with E-state index >= 15 is 0 Å². The third kappa shape index (κ3) is 38.7. The highest BCUT2D eigenvalue weighted by Crippen LogP contribution is 2.32. The van der Waals surface area contributed by atoms with E-state index in [4.69, 9.17) is 14.6 Å². The van der Waals surface area contributed by atoms with Crippen molar-refractivity contribution in [1.82, 2.24) is 10.2 Å². The van der Waals surface area contributed by atoms with Crippen LogP contribution in [-0.2, 0) is 41.7 Å². The number of aromatic nitrogens is 2. The summed E-state index contributed by atoms with van der Waals surface area (Å²) in [5.74, 6) is 5.21. The maximum absolute atomic E-state index is 12.7. The fraction of sp³-hybridized carbons (Fsp3) is 0.379. The van der Waals surface area contributed by atoms with Gasteiger partial charge >= 0.3 is 6.61 Å². The number of carbonyl (C=O) groups excluding carboxylic acids is 1. The average Bonchev–Trinajstić information content (AvgIpc) is 0.882. The highest BCUT2D eigenvalue weighted by molar-refractivity contribution is 7.92. The molecule has 13 nitrogen and oxygen atoms in total. The van der Waals surface area contributed by atoms with E-state index in [0.29, 0.717) is 51.0 Å². The average molecular weight is 1730 g/mol.